The van der Waals surface area contributed by atoms with E-state index in [1.54, 1.807) is 6.20 Å². The van der Waals surface area contributed by atoms with E-state index in [0.717, 1.165) is 30.4 Å². The predicted octanol–water partition coefficient (Wildman–Crippen LogP) is 2.05. The van der Waals surface area contributed by atoms with E-state index in [2.05, 4.69) is 21.5 Å². The van der Waals surface area contributed by atoms with Crippen molar-refractivity contribution in [3.05, 3.63) is 28.3 Å². The zero-order valence-electron chi connectivity index (χ0n) is 10.3. The van der Waals surface area contributed by atoms with Crippen molar-refractivity contribution < 1.29 is 4.79 Å². The van der Waals surface area contributed by atoms with Crippen LogP contribution in [0.3, 0.4) is 0 Å². The highest BCUT2D eigenvalue weighted by atomic mass is 16.3. The Balaban J connectivity index is 1.84. The molecule has 18 heavy (non-hydrogen) atoms. The standard InChI is InChI=1S/C13H15N3O2/c1-8-2-10-5-13(3-9(4-13)7-15-18)12(17)16-11(10)14-6-8/h2,6,9H,3-5,7H2,1H3,(H,14,16,17). The van der Waals surface area contributed by atoms with Gasteiger partial charge in [0.1, 0.15) is 5.82 Å². The average molecular weight is 245 g/mol. The van der Waals surface area contributed by atoms with Crippen molar-refractivity contribution in [2.24, 2.45) is 16.5 Å². The molecule has 0 saturated heterocycles. The fourth-order valence-electron chi connectivity index (χ4n) is 3.17. The van der Waals surface area contributed by atoms with Crippen molar-refractivity contribution in [2.45, 2.75) is 26.2 Å². The zero-order valence-corrected chi connectivity index (χ0v) is 10.3. The molecule has 1 amide bonds. The van der Waals surface area contributed by atoms with E-state index in [0.29, 0.717) is 12.4 Å². The molecule has 0 bridgehead atoms. The lowest BCUT2D eigenvalue weighted by Gasteiger charge is -2.47. The van der Waals surface area contributed by atoms with Gasteiger partial charge in [-0.1, -0.05) is 11.2 Å². The van der Waals surface area contributed by atoms with E-state index >= 15 is 0 Å². The van der Waals surface area contributed by atoms with Gasteiger partial charge in [0.05, 0.1) is 12.0 Å². The first kappa shape index (κ1) is 11.3. The molecule has 1 saturated carbocycles. The van der Waals surface area contributed by atoms with Crippen molar-refractivity contribution in [2.75, 3.05) is 11.9 Å². The first-order chi connectivity index (χ1) is 8.63. The Morgan fingerprint density at radius 3 is 3.06 bits per heavy atom. The van der Waals surface area contributed by atoms with Crippen molar-refractivity contribution in [3.63, 3.8) is 0 Å². The van der Waals surface area contributed by atoms with Gasteiger partial charge in [-0.15, -0.1) is 0 Å². The van der Waals surface area contributed by atoms with Gasteiger partial charge in [-0.3, -0.25) is 4.79 Å². The average Bonchev–Trinajstić information content (AvgIpc) is 2.28. The number of rotatable bonds is 2. The Morgan fingerprint density at radius 2 is 2.33 bits per heavy atom. The molecule has 1 fully saturated rings. The van der Waals surface area contributed by atoms with Crippen LogP contribution in [0.4, 0.5) is 5.82 Å². The van der Waals surface area contributed by atoms with Gasteiger partial charge in [-0.05, 0) is 43.2 Å². The minimum atomic E-state index is -0.322. The van der Waals surface area contributed by atoms with Gasteiger partial charge in [-0.2, -0.15) is 4.91 Å². The number of aryl methyl sites for hydroxylation is 1. The van der Waals surface area contributed by atoms with Crippen LogP contribution in [-0.2, 0) is 11.2 Å². The zero-order chi connectivity index (χ0) is 12.8. The van der Waals surface area contributed by atoms with Gasteiger partial charge < -0.3 is 5.32 Å². The van der Waals surface area contributed by atoms with Crippen LogP contribution >= 0.6 is 0 Å². The summed E-state index contributed by atoms with van der Waals surface area (Å²) in [5.74, 6) is 1.01. The van der Waals surface area contributed by atoms with Crippen molar-refractivity contribution >= 4 is 11.7 Å². The number of nitrogens with one attached hydrogen (secondary N) is 1. The number of pyridine rings is 1. The molecule has 0 radical (unpaired) electrons. The second-order valence-electron chi connectivity index (χ2n) is 5.52. The molecule has 5 nitrogen and oxygen atoms in total. The van der Waals surface area contributed by atoms with Gasteiger partial charge in [0.25, 0.3) is 0 Å². The SMILES string of the molecule is Cc1cnc2c(c1)CC1(CC(CN=O)C1)C(=O)N2. The summed E-state index contributed by atoms with van der Waals surface area (Å²) in [6.07, 6.45) is 4.02. The van der Waals surface area contributed by atoms with Crippen LogP contribution in [-0.4, -0.2) is 17.4 Å². The second-order valence-corrected chi connectivity index (χ2v) is 5.52. The fraction of sp³-hybridized carbons (Fsp3) is 0.538. The topological polar surface area (TPSA) is 71.4 Å². The van der Waals surface area contributed by atoms with Gasteiger partial charge in [0.2, 0.25) is 5.91 Å². The monoisotopic (exact) mass is 245 g/mol. The Labute approximate surface area is 105 Å². The third-order valence-electron chi connectivity index (χ3n) is 4.04. The number of hydrogen-bond acceptors (Lipinski definition) is 4. The number of hydrogen-bond donors (Lipinski definition) is 1. The van der Waals surface area contributed by atoms with E-state index in [4.69, 9.17) is 0 Å². The molecule has 1 aliphatic carbocycles. The predicted molar refractivity (Wildman–Crippen MR) is 67.1 cm³/mol. The van der Waals surface area contributed by atoms with Crippen LogP contribution in [0.5, 0.6) is 0 Å². The van der Waals surface area contributed by atoms with Crippen LogP contribution in [0.2, 0.25) is 0 Å². The number of anilines is 1. The molecule has 0 atom stereocenters. The van der Waals surface area contributed by atoms with Crippen LogP contribution in [0.1, 0.15) is 24.0 Å². The maximum atomic E-state index is 12.1. The number of nitroso groups, excluding NO2 is 1. The van der Waals surface area contributed by atoms with E-state index < -0.39 is 0 Å². The van der Waals surface area contributed by atoms with Crippen LogP contribution < -0.4 is 5.32 Å². The number of nitrogens with zero attached hydrogens (tertiary/aromatic N) is 2. The Morgan fingerprint density at radius 1 is 1.56 bits per heavy atom. The minimum absolute atomic E-state index is 0.0495. The van der Waals surface area contributed by atoms with E-state index in [9.17, 15) is 9.70 Å². The molecule has 1 aromatic heterocycles. The maximum Gasteiger partial charge on any atom is 0.232 e. The number of amides is 1. The Kier molecular flexibility index (Phi) is 2.43. The summed E-state index contributed by atoms with van der Waals surface area (Å²) >= 11 is 0. The summed E-state index contributed by atoms with van der Waals surface area (Å²) in [5.41, 5.74) is 1.88. The molecular formula is C13H15N3O2. The van der Waals surface area contributed by atoms with E-state index in [1.807, 2.05) is 6.92 Å². The summed E-state index contributed by atoms with van der Waals surface area (Å²) in [6.45, 7) is 2.32. The first-order valence-electron chi connectivity index (χ1n) is 6.19. The fourth-order valence-corrected chi connectivity index (χ4v) is 3.17. The lowest BCUT2D eigenvalue weighted by molar-refractivity contribution is -0.134. The van der Waals surface area contributed by atoms with Gasteiger partial charge in [0, 0.05) is 6.20 Å². The van der Waals surface area contributed by atoms with Gasteiger partial charge in [0.15, 0.2) is 0 Å². The van der Waals surface area contributed by atoms with Gasteiger partial charge >= 0.3 is 0 Å². The first-order valence-corrected chi connectivity index (χ1v) is 6.19. The van der Waals surface area contributed by atoms with Crippen molar-refractivity contribution in [3.8, 4) is 0 Å². The quantitative estimate of drug-likeness (QED) is 0.810. The molecular weight excluding hydrogens is 230 g/mol. The highest BCUT2D eigenvalue weighted by molar-refractivity contribution is 5.98. The highest BCUT2D eigenvalue weighted by Crippen LogP contribution is 2.51. The lowest BCUT2D eigenvalue weighted by atomic mass is 9.58. The third kappa shape index (κ3) is 1.62. The molecule has 0 unspecified atom stereocenters. The lowest BCUT2D eigenvalue weighted by Crippen LogP contribution is -2.51. The molecule has 1 spiro atoms. The number of carbonyl (C=O) groups is 1. The third-order valence-corrected chi connectivity index (χ3v) is 4.04. The Hall–Kier alpha value is -1.78. The van der Waals surface area contributed by atoms with Crippen molar-refractivity contribution in [1.82, 2.24) is 4.98 Å². The van der Waals surface area contributed by atoms with Crippen LogP contribution in [0.25, 0.3) is 0 Å². The second kappa shape index (κ2) is 3.86. The van der Waals surface area contributed by atoms with Crippen LogP contribution in [0.15, 0.2) is 17.4 Å². The molecule has 94 valence electrons. The van der Waals surface area contributed by atoms with Crippen LogP contribution in [0, 0.1) is 23.2 Å². The molecule has 2 aliphatic rings. The number of carbonyl (C=O) groups excluding carboxylic acids is 1. The maximum absolute atomic E-state index is 12.1. The molecule has 3 rings (SSSR count). The summed E-state index contributed by atoms with van der Waals surface area (Å²) < 4.78 is 0. The smallest absolute Gasteiger partial charge is 0.232 e. The summed E-state index contributed by atoms with van der Waals surface area (Å²) in [6, 6.07) is 2.08. The number of aromatic nitrogens is 1. The Bertz CT molecular complexity index is 521. The summed E-state index contributed by atoms with van der Waals surface area (Å²) in [5, 5.41) is 5.81. The molecule has 5 heteroatoms. The largest absolute Gasteiger partial charge is 0.310 e. The molecule has 0 aromatic carbocycles. The van der Waals surface area contributed by atoms with Gasteiger partial charge in [-0.25, -0.2) is 4.98 Å². The van der Waals surface area contributed by atoms with Crippen molar-refractivity contribution in [1.29, 1.82) is 0 Å². The molecule has 1 N–H and O–H groups in total. The summed E-state index contributed by atoms with van der Waals surface area (Å²) in [7, 11) is 0. The molecule has 2 heterocycles. The van der Waals surface area contributed by atoms with E-state index in [-0.39, 0.29) is 17.2 Å². The number of fused-ring (bicyclic) bond motifs is 1. The summed E-state index contributed by atoms with van der Waals surface area (Å²) in [4.78, 5) is 26.6. The normalized spacial score (nSPS) is 29.4. The minimum Gasteiger partial charge on any atom is -0.310 e. The highest BCUT2D eigenvalue weighted by Gasteiger charge is 2.52. The molecule has 1 aliphatic heterocycles. The molecule has 1 aromatic rings. The van der Waals surface area contributed by atoms with E-state index in [1.165, 1.54) is 0 Å².